The van der Waals surface area contributed by atoms with Crippen LogP contribution in [0.2, 0.25) is 0 Å². The number of aromatic nitrogens is 1. The van der Waals surface area contributed by atoms with E-state index in [2.05, 4.69) is 22.0 Å². The van der Waals surface area contributed by atoms with E-state index in [4.69, 9.17) is 9.47 Å². The molecular weight excluding hydrogens is 394 g/mol. The van der Waals surface area contributed by atoms with Crippen molar-refractivity contribution in [1.82, 2.24) is 9.88 Å². The van der Waals surface area contributed by atoms with Crippen LogP contribution in [0.4, 0.5) is 5.82 Å². The van der Waals surface area contributed by atoms with Crippen LogP contribution in [0.15, 0.2) is 66.9 Å². The standard InChI is InChI=1S/C24H25N3O4/c1-30-19-7-9-20(10-8-19)31-21-5-2-4-18(16-21)17-26-12-14-27(15-13-26)23-22(24(28)29)6-3-11-25-23/h2-11,16H,12-15,17H2,1H3,(H,28,29). The van der Waals surface area contributed by atoms with Crippen LogP contribution in [-0.4, -0.2) is 54.2 Å². The van der Waals surface area contributed by atoms with Gasteiger partial charge in [-0.05, 0) is 54.1 Å². The van der Waals surface area contributed by atoms with E-state index >= 15 is 0 Å². The number of hydrogen-bond donors (Lipinski definition) is 1. The molecule has 1 N–H and O–H groups in total. The number of rotatable bonds is 7. The molecule has 0 spiro atoms. The predicted octanol–water partition coefficient (Wildman–Crippen LogP) is 3.90. The number of methoxy groups -OCH3 is 1. The van der Waals surface area contributed by atoms with E-state index in [0.717, 1.165) is 50.0 Å². The Hall–Kier alpha value is -3.58. The van der Waals surface area contributed by atoms with Crippen molar-refractivity contribution in [2.24, 2.45) is 0 Å². The predicted molar refractivity (Wildman–Crippen MR) is 118 cm³/mol. The second-order valence-electron chi connectivity index (χ2n) is 7.37. The smallest absolute Gasteiger partial charge is 0.339 e. The van der Waals surface area contributed by atoms with Crippen molar-refractivity contribution in [2.75, 3.05) is 38.2 Å². The summed E-state index contributed by atoms with van der Waals surface area (Å²) in [6.45, 7) is 3.94. The average Bonchev–Trinajstić information content (AvgIpc) is 2.80. The summed E-state index contributed by atoms with van der Waals surface area (Å²) >= 11 is 0. The van der Waals surface area contributed by atoms with E-state index in [0.29, 0.717) is 5.82 Å². The SMILES string of the molecule is COc1ccc(Oc2cccc(CN3CCN(c4ncccc4C(=O)O)CC3)c2)cc1. The summed E-state index contributed by atoms with van der Waals surface area (Å²) in [7, 11) is 1.64. The zero-order chi connectivity index (χ0) is 21.6. The van der Waals surface area contributed by atoms with Crippen LogP contribution in [0, 0.1) is 0 Å². The zero-order valence-corrected chi connectivity index (χ0v) is 17.4. The summed E-state index contributed by atoms with van der Waals surface area (Å²) in [6.07, 6.45) is 1.64. The van der Waals surface area contributed by atoms with Gasteiger partial charge < -0.3 is 19.5 Å². The van der Waals surface area contributed by atoms with Gasteiger partial charge in [0.2, 0.25) is 0 Å². The summed E-state index contributed by atoms with van der Waals surface area (Å²) in [5.41, 5.74) is 1.42. The summed E-state index contributed by atoms with van der Waals surface area (Å²) in [6, 6.07) is 18.9. The molecule has 0 radical (unpaired) electrons. The van der Waals surface area contributed by atoms with Gasteiger partial charge in [-0.15, -0.1) is 0 Å². The number of benzene rings is 2. The average molecular weight is 419 g/mol. The first-order valence-electron chi connectivity index (χ1n) is 10.2. The van der Waals surface area contributed by atoms with Crippen molar-refractivity contribution in [3.63, 3.8) is 0 Å². The van der Waals surface area contributed by atoms with Crippen LogP contribution in [0.25, 0.3) is 0 Å². The number of anilines is 1. The van der Waals surface area contributed by atoms with E-state index in [9.17, 15) is 9.90 Å². The molecule has 0 unspecified atom stereocenters. The van der Waals surface area contributed by atoms with Gasteiger partial charge in [0.15, 0.2) is 0 Å². The minimum Gasteiger partial charge on any atom is -0.497 e. The third-order valence-corrected chi connectivity index (χ3v) is 5.29. The number of piperazine rings is 1. The van der Waals surface area contributed by atoms with Gasteiger partial charge >= 0.3 is 5.97 Å². The van der Waals surface area contributed by atoms with Crippen molar-refractivity contribution in [2.45, 2.75) is 6.54 Å². The van der Waals surface area contributed by atoms with Crippen LogP contribution in [-0.2, 0) is 6.54 Å². The van der Waals surface area contributed by atoms with E-state index in [1.807, 2.05) is 41.3 Å². The highest BCUT2D eigenvalue weighted by Gasteiger charge is 2.22. The lowest BCUT2D eigenvalue weighted by Gasteiger charge is -2.35. The quantitative estimate of drug-likeness (QED) is 0.622. The Kier molecular flexibility index (Phi) is 6.33. The Morgan fingerprint density at radius 3 is 2.42 bits per heavy atom. The van der Waals surface area contributed by atoms with Crippen LogP contribution >= 0.6 is 0 Å². The summed E-state index contributed by atoms with van der Waals surface area (Å²) in [5.74, 6) is 1.95. The summed E-state index contributed by atoms with van der Waals surface area (Å²) < 4.78 is 11.2. The van der Waals surface area contributed by atoms with Crippen molar-refractivity contribution < 1.29 is 19.4 Å². The summed E-state index contributed by atoms with van der Waals surface area (Å²) in [4.78, 5) is 20.2. The number of ether oxygens (including phenoxy) is 2. The van der Waals surface area contributed by atoms with Gasteiger partial charge in [-0.2, -0.15) is 0 Å². The molecule has 7 nitrogen and oxygen atoms in total. The minimum absolute atomic E-state index is 0.249. The highest BCUT2D eigenvalue weighted by molar-refractivity contribution is 5.93. The van der Waals surface area contributed by atoms with Crippen molar-refractivity contribution >= 4 is 11.8 Å². The molecule has 2 aromatic carbocycles. The number of nitrogens with zero attached hydrogens (tertiary/aromatic N) is 3. The molecule has 4 rings (SSSR count). The lowest BCUT2D eigenvalue weighted by atomic mass is 10.1. The number of aromatic carboxylic acids is 1. The Balaban J connectivity index is 1.35. The van der Waals surface area contributed by atoms with Gasteiger partial charge in [-0.25, -0.2) is 9.78 Å². The molecule has 3 aromatic rings. The molecule has 31 heavy (non-hydrogen) atoms. The molecule has 0 amide bonds. The topological polar surface area (TPSA) is 75.1 Å². The minimum atomic E-state index is -0.945. The maximum absolute atomic E-state index is 11.5. The number of pyridine rings is 1. The molecule has 1 saturated heterocycles. The molecule has 1 fully saturated rings. The van der Waals surface area contributed by atoms with Crippen molar-refractivity contribution in [3.05, 3.63) is 78.0 Å². The lowest BCUT2D eigenvalue weighted by molar-refractivity contribution is 0.0697. The van der Waals surface area contributed by atoms with E-state index in [1.165, 1.54) is 5.56 Å². The molecule has 1 aliphatic rings. The van der Waals surface area contributed by atoms with Crippen molar-refractivity contribution in [3.8, 4) is 17.2 Å². The molecule has 0 aliphatic carbocycles. The first-order chi connectivity index (χ1) is 15.1. The number of hydrogen-bond acceptors (Lipinski definition) is 6. The monoisotopic (exact) mass is 419 g/mol. The molecule has 0 bridgehead atoms. The number of carbonyl (C=O) groups is 1. The second-order valence-corrected chi connectivity index (χ2v) is 7.37. The maximum atomic E-state index is 11.5. The number of carboxylic acids is 1. The Bertz CT molecular complexity index is 1030. The van der Waals surface area contributed by atoms with Crippen molar-refractivity contribution in [1.29, 1.82) is 0 Å². The molecule has 0 saturated carbocycles. The van der Waals surface area contributed by atoms with Gasteiger partial charge in [0, 0.05) is 38.9 Å². The van der Waals surface area contributed by atoms with Gasteiger partial charge in [0.05, 0.1) is 7.11 Å². The zero-order valence-electron chi connectivity index (χ0n) is 17.4. The third kappa shape index (κ3) is 5.13. The first kappa shape index (κ1) is 20.7. The molecule has 160 valence electrons. The fourth-order valence-corrected chi connectivity index (χ4v) is 3.68. The maximum Gasteiger partial charge on any atom is 0.339 e. The highest BCUT2D eigenvalue weighted by atomic mass is 16.5. The van der Waals surface area contributed by atoms with Gasteiger partial charge in [0.1, 0.15) is 28.6 Å². The van der Waals surface area contributed by atoms with Gasteiger partial charge in [0.25, 0.3) is 0 Å². The van der Waals surface area contributed by atoms with Gasteiger partial charge in [-0.3, -0.25) is 4.90 Å². The summed E-state index contributed by atoms with van der Waals surface area (Å²) in [5, 5.41) is 9.41. The Morgan fingerprint density at radius 1 is 0.968 bits per heavy atom. The Labute approximate surface area is 181 Å². The molecular formula is C24H25N3O4. The lowest BCUT2D eigenvalue weighted by Crippen LogP contribution is -2.46. The molecule has 7 heteroatoms. The fourth-order valence-electron chi connectivity index (χ4n) is 3.68. The molecule has 1 aliphatic heterocycles. The van der Waals surface area contributed by atoms with Gasteiger partial charge in [-0.1, -0.05) is 12.1 Å². The molecule has 2 heterocycles. The van der Waals surface area contributed by atoms with Crippen LogP contribution in [0.5, 0.6) is 17.2 Å². The van der Waals surface area contributed by atoms with E-state index in [-0.39, 0.29) is 5.56 Å². The molecule has 1 aromatic heterocycles. The van der Waals surface area contributed by atoms with Crippen LogP contribution < -0.4 is 14.4 Å². The fraction of sp³-hybridized carbons (Fsp3) is 0.250. The number of carboxylic acid groups (broad SMARTS) is 1. The largest absolute Gasteiger partial charge is 0.497 e. The Morgan fingerprint density at radius 2 is 1.71 bits per heavy atom. The van der Waals surface area contributed by atoms with E-state index < -0.39 is 5.97 Å². The molecule has 0 atom stereocenters. The third-order valence-electron chi connectivity index (χ3n) is 5.29. The highest BCUT2D eigenvalue weighted by Crippen LogP contribution is 2.25. The first-order valence-corrected chi connectivity index (χ1v) is 10.2. The second kappa shape index (κ2) is 9.49. The van der Waals surface area contributed by atoms with E-state index in [1.54, 1.807) is 25.4 Å². The normalized spacial score (nSPS) is 14.3. The van der Waals surface area contributed by atoms with Crippen LogP contribution in [0.3, 0.4) is 0 Å². The van der Waals surface area contributed by atoms with Crippen LogP contribution in [0.1, 0.15) is 15.9 Å².